The average Bonchev–Trinajstić information content (AvgIpc) is 3.09. The number of aliphatic imine (C=N–C) groups is 1. The fraction of sp³-hybridized carbons (Fsp3) is 0.429. The Morgan fingerprint density at radius 1 is 1.38 bits per heavy atom. The number of benzene rings is 1. The number of rotatable bonds is 6. The minimum absolute atomic E-state index is 0.148. The van der Waals surface area contributed by atoms with E-state index >= 15 is 0 Å². The molecule has 1 saturated heterocycles. The van der Waals surface area contributed by atoms with Gasteiger partial charge in [0, 0.05) is 29.4 Å². The molecule has 2 aromatic rings. The standard InChI is InChI=1S/C21H26N4O4/c1-13-21(14(2)24-23-13)16-3-4-18-15(9-16)5-6-22-19(18)10-20(25-26)29-12-17-11-27-7-8-28-17/h3-4,9-10,17,25-26H,5-8,11-12H2,1-2H3,(H,23,24). The van der Waals surface area contributed by atoms with Crippen LogP contribution in [0, 0.1) is 13.8 Å². The van der Waals surface area contributed by atoms with Crippen LogP contribution in [0.25, 0.3) is 11.1 Å². The first-order valence-electron chi connectivity index (χ1n) is 9.79. The van der Waals surface area contributed by atoms with Gasteiger partial charge in [0.05, 0.1) is 31.2 Å². The molecule has 0 bridgehead atoms. The Morgan fingerprint density at radius 2 is 2.28 bits per heavy atom. The van der Waals surface area contributed by atoms with Crippen molar-refractivity contribution in [2.75, 3.05) is 33.0 Å². The van der Waals surface area contributed by atoms with E-state index in [0.29, 0.717) is 26.4 Å². The number of nitrogens with zero attached hydrogens (tertiary/aromatic N) is 2. The third-order valence-corrected chi connectivity index (χ3v) is 5.15. The number of hydroxylamine groups is 1. The topological polar surface area (TPSA) is 101 Å². The lowest BCUT2D eigenvalue weighted by Crippen LogP contribution is -2.33. The van der Waals surface area contributed by atoms with E-state index in [-0.39, 0.29) is 18.6 Å². The maximum atomic E-state index is 9.48. The number of hydrogen-bond donors (Lipinski definition) is 3. The van der Waals surface area contributed by atoms with Crippen molar-refractivity contribution in [2.24, 2.45) is 4.99 Å². The van der Waals surface area contributed by atoms with E-state index < -0.39 is 0 Å². The minimum atomic E-state index is -0.148. The van der Waals surface area contributed by atoms with Crippen LogP contribution in [-0.4, -0.2) is 60.2 Å². The molecular weight excluding hydrogens is 372 g/mol. The molecule has 3 N–H and O–H groups in total. The highest BCUT2D eigenvalue weighted by Crippen LogP contribution is 2.29. The lowest BCUT2D eigenvalue weighted by Gasteiger charge is -2.23. The summed E-state index contributed by atoms with van der Waals surface area (Å²) in [6.45, 7) is 6.65. The molecule has 0 radical (unpaired) electrons. The molecule has 8 heteroatoms. The summed E-state index contributed by atoms with van der Waals surface area (Å²) in [5.74, 6) is 0.233. The van der Waals surface area contributed by atoms with Gasteiger partial charge in [-0.15, -0.1) is 0 Å². The van der Waals surface area contributed by atoms with Crippen molar-refractivity contribution in [3.05, 3.63) is 52.7 Å². The Morgan fingerprint density at radius 3 is 3.00 bits per heavy atom. The van der Waals surface area contributed by atoms with Crippen molar-refractivity contribution in [3.8, 4) is 11.1 Å². The summed E-state index contributed by atoms with van der Waals surface area (Å²) in [6.07, 6.45) is 2.44. The van der Waals surface area contributed by atoms with Gasteiger partial charge in [-0.25, -0.2) is 5.48 Å². The molecule has 0 amide bonds. The first kappa shape index (κ1) is 19.6. The van der Waals surface area contributed by atoms with E-state index in [0.717, 1.165) is 40.2 Å². The van der Waals surface area contributed by atoms with Gasteiger partial charge in [0.25, 0.3) is 0 Å². The minimum Gasteiger partial charge on any atom is -0.475 e. The molecule has 0 saturated carbocycles. The van der Waals surface area contributed by atoms with E-state index in [4.69, 9.17) is 14.2 Å². The van der Waals surface area contributed by atoms with Crippen LogP contribution >= 0.6 is 0 Å². The smallest absolute Gasteiger partial charge is 0.213 e. The fourth-order valence-electron chi connectivity index (χ4n) is 3.73. The molecule has 8 nitrogen and oxygen atoms in total. The Hall–Kier alpha value is -2.68. The van der Waals surface area contributed by atoms with Crippen LogP contribution in [0.15, 0.2) is 35.2 Å². The molecule has 4 rings (SSSR count). The van der Waals surface area contributed by atoms with Crippen LogP contribution < -0.4 is 5.48 Å². The van der Waals surface area contributed by atoms with Gasteiger partial charge < -0.3 is 14.2 Å². The maximum Gasteiger partial charge on any atom is 0.213 e. The Bertz CT molecular complexity index is 909. The van der Waals surface area contributed by atoms with E-state index in [1.54, 1.807) is 6.08 Å². The molecule has 0 aliphatic carbocycles. The summed E-state index contributed by atoms with van der Waals surface area (Å²) in [4.78, 5) is 4.62. The van der Waals surface area contributed by atoms with E-state index in [2.05, 4.69) is 38.9 Å². The Balaban J connectivity index is 1.53. The van der Waals surface area contributed by atoms with Gasteiger partial charge >= 0.3 is 0 Å². The van der Waals surface area contributed by atoms with Crippen molar-refractivity contribution in [1.82, 2.24) is 15.7 Å². The summed E-state index contributed by atoms with van der Waals surface area (Å²) in [6, 6.07) is 6.35. The first-order valence-corrected chi connectivity index (χ1v) is 9.79. The van der Waals surface area contributed by atoms with Gasteiger partial charge in [0.2, 0.25) is 5.88 Å². The monoisotopic (exact) mass is 398 g/mol. The Kier molecular flexibility index (Phi) is 5.94. The molecule has 0 spiro atoms. The highest BCUT2D eigenvalue weighted by molar-refractivity contribution is 6.10. The summed E-state index contributed by atoms with van der Waals surface area (Å²) in [5, 5.41) is 16.8. The van der Waals surface area contributed by atoms with Crippen LogP contribution in [-0.2, 0) is 20.6 Å². The third-order valence-electron chi connectivity index (χ3n) is 5.15. The highest BCUT2D eigenvalue weighted by Gasteiger charge is 2.18. The highest BCUT2D eigenvalue weighted by atomic mass is 16.6. The second-order valence-corrected chi connectivity index (χ2v) is 7.20. The van der Waals surface area contributed by atoms with Gasteiger partial charge in [-0.3, -0.25) is 15.3 Å². The number of allylic oxidation sites excluding steroid dienone is 1. The zero-order valence-electron chi connectivity index (χ0n) is 16.7. The number of ether oxygens (including phenoxy) is 3. The van der Waals surface area contributed by atoms with Gasteiger partial charge in [-0.2, -0.15) is 5.10 Å². The largest absolute Gasteiger partial charge is 0.475 e. The van der Waals surface area contributed by atoms with Crippen molar-refractivity contribution >= 4 is 5.71 Å². The number of hydrogen-bond acceptors (Lipinski definition) is 7. The van der Waals surface area contributed by atoms with Crippen LogP contribution in [0.5, 0.6) is 0 Å². The van der Waals surface area contributed by atoms with Gasteiger partial charge in [0.15, 0.2) is 0 Å². The lowest BCUT2D eigenvalue weighted by atomic mass is 9.92. The number of H-pyrrole nitrogens is 1. The van der Waals surface area contributed by atoms with Crippen molar-refractivity contribution in [2.45, 2.75) is 26.4 Å². The van der Waals surface area contributed by atoms with E-state index in [1.165, 1.54) is 5.56 Å². The average molecular weight is 398 g/mol. The van der Waals surface area contributed by atoms with Gasteiger partial charge in [-0.1, -0.05) is 18.2 Å². The molecule has 3 heterocycles. The molecule has 1 atom stereocenters. The molecule has 29 heavy (non-hydrogen) atoms. The summed E-state index contributed by atoms with van der Waals surface area (Å²) in [7, 11) is 0. The molecule has 2 aliphatic heterocycles. The summed E-state index contributed by atoms with van der Waals surface area (Å²) >= 11 is 0. The molecule has 1 fully saturated rings. The van der Waals surface area contributed by atoms with E-state index in [9.17, 15) is 5.21 Å². The molecular formula is C21H26N4O4. The Labute approximate surface area is 169 Å². The summed E-state index contributed by atoms with van der Waals surface area (Å²) in [5.41, 5.74) is 9.47. The number of aromatic nitrogens is 2. The summed E-state index contributed by atoms with van der Waals surface area (Å²) < 4.78 is 16.6. The molecule has 1 unspecified atom stereocenters. The van der Waals surface area contributed by atoms with Gasteiger partial charge in [-0.05, 0) is 31.4 Å². The van der Waals surface area contributed by atoms with Crippen LogP contribution in [0.4, 0.5) is 0 Å². The predicted octanol–water partition coefficient (Wildman–Crippen LogP) is 2.29. The quantitative estimate of drug-likeness (QED) is 0.510. The lowest BCUT2D eigenvalue weighted by molar-refractivity contribution is -0.112. The zero-order valence-corrected chi connectivity index (χ0v) is 16.7. The predicted molar refractivity (Wildman–Crippen MR) is 108 cm³/mol. The second-order valence-electron chi connectivity index (χ2n) is 7.20. The fourth-order valence-corrected chi connectivity index (χ4v) is 3.73. The number of aromatic amines is 1. The van der Waals surface area contributed by atoms with Crippen LogP contribution in [0.1, 0.15) is 22.5 Å². The SMILES string of the molecule is Cc1n[nH]c(C)c1-c1ccc2c(c1)CCN=C2C=C(NO)OCC1COCCO1. The molecule has 154 valence electrons. The maximum absolute atomic E-state index is 9.48. The van der Waals surface area contributed by atoms with Crippen LogP contribution in [0.2, 0.25) is 0 Å². The first-order chi connectivity index (χ1) is 14.2. The number of nitrogens with one attached hydrogen (secondary N) is 2. The molecule has 1 aromatic carbocycles. The second kappa shape index (κ2) is 8.77. The van der Waals surface area contributed by atoms with E-state index in [1.807, 2.05) is 13.8 Å². The van der Waals surface area contributed by atoms with Crippen molar-refractivity contribution in [3.63, 3.8) is 0 Å². The van der Waals surface area contributed by atoms with Gasteiger partial charge in [0.1, 0.15) is 12.7 Å². The van der Waals surface area contributed by atoms with Crippen molar-refractivity contribution < 1.29 is 19.4 Å². The number of aryl methyl sites for hydroxylation is 2. The normalized spacial score (nSPS) is 19.5. The third kappa shape index (κ3) is 4.34. The van der Waals surface area contributed by atoms with Crippen molar-refractivity contribution in [1.29, 1.82) is 0 Å². The molecule has 2 aliphatic rings. The zero-order chi connectivity index (χ0) is 20.2. The van der Waals surface area contributed by atoms with Crippen LogP contribution in [0.3, 0.4) is 0 Å². The number of fused-ring (bicyclic) bond motifs is 1. The molecule has 1 aromatic heterocycles.